The fraction of sp³-hybridized carbons (Fsp3) is 0.462. The molecule has 0 aromatic carbocycles. The van der Waals surface area contributed by atoms with Crippen LogP contribution in [-0.2, 0) is 22.7 Å². The second kappa shape index (κ2) is 6.62. The molecule has 2 aromatic rings. The first-order chi connectivity index (χ1) is 9.61. The SMILES string of the molecule is COCc1nc(C)c(CNC(=O)C(C)n2ccnc2)s1. The van der Waals surface area contributed by atoms with Crippen molar-refractivity contribution >= 4 is 17.2 Å². The van der Waals surface area contributed by atoms with Crippen molar-refractivity contribution in [2.75, 3.05) is 7.11 Å². The van der Waals surface area contributed by atoms with Crippen LogP contribution in [0.4, 0.5) is 0 Å². The highest BCUT2D eigenvalue weighted by Crippen LogP contribution is 2.18. The third kappa shape index (κ3) is 3.43. The minimum absolute atomic E-state index is 0.0379. The van der Waals surface area contributed by atoms with Gasteiger partial charge in [0.05, 0.1) is 25.2 Å². The molecule has 0 radical (unpaired) electrons. The summed E-state index contributed by atoms with van der Waals surface area (Å²) >= 11 is 1.57. The van der Waals surface area contributed by atoms with E-state index in [4.69, 9.17) is 4.74 Å². The van der Waals surface area contributed by atoms with Gasteiger partial charge in [0, 0.05) is 24.4 Å². The van der Waals surface area contributed by atoms with Crippen LogP contribution in [0.5, 0.6) is 0 Å². The van der Waals surface area contributed by atoms with E-state index in [0.717, 1.165) is 15.6 Å². The van der Waals surface area contributed by atoms with Crippen molar-refractivity contribution in [3.63, 3.8) is 0 Å². The monoisotopic (exact) mass is 294 g/mol. The number of thiazole rings is 1. The van der Waals surface area contributed by atoms with Gasteiger partial charge in [-0.3, -0.25) is 4.79 Å². The fourth-order valence-corrected chi connectivity index (χ4v) is 2.77. The summed E-state index contributed by atoms with van der Waals surface area (Å²) < 4.78 is 6.83. The summed E-state index contributed by atoms with van der Waals surface area (Å²) in [4.78, 5) is 21.5. The van der Waals surface area contributed by atoms with Crippen LogP contribution in [0, 0.1) is 6.92 Å². The van der Waals surface area contributed by atoms with Crippen LogP contribution in [-0.4, -0.2) is 27.6 Å². The third-order valence-electron chi connectivity index (χ3n) is 2.98. The van der Waals surface area contributed by atoms with E-state index in [9.17, 15) is 4.79 Å². The summed E-state index contributed by atoms with van der Waals surface area (Å²) in [6.07, 6.45) is 5.08. The molecule has 7 heteroatoms. The minimum Gasteiger partial charge on any atom is -0.378 e. The van der Waals surface area contributed by atoms with E-state index in [1.807, 2.05) is 13.8 Å². The van der Waals surface area contributed by atoms with Crippen molar-refractivity contribution in [1.29, 1.82) is 0 Å². The van der Waals surface area contributed by atoms with Gasteiger partial charge >= 0.3 is 0 Å². The first-order valence-electron chi connectivity index (χ1n) is 6.31. The minimum atomic E-state index is -0.274. The number of hydrogen-bond donors (Lipinski definition) is 1. The van der Waals surface area contributed by atoms with Crippen LogP contribution in [0.2, 0.25) is 0 Å². The van der Waals surface area contributed by atoms with Gasteiger partial charge in [-0.25, -0.2) is 9.97 Å². The maximum absolute atomic E-state index is 12.1. The van der Waals surface area contributed by atoms with Crippen LogP contribution in [0.25, 0.3) is 0 Å². The molecule has 0 spiro atoms. The van der Waals surface area contributed by atoms with E-state index < -0.39 is 0 Å². The Morgan fingerprint density at radius 1 is 1.60 bits per heavy atom. The quantitative estimate of drug-likeness (QED) is 0.880. The van der Waals surface area contributed by atoms with Gasteiger partial charge in [-0.15, -0.1) is 11.3 Å². The second-order valence-electron chi connectivity index (χ2n) is 4.45. The van der Waals surface area contributed by atoms with Crippen molar-refractivity contribution in [2.45, 2.75) is 33.0 Å². The molecule has 108 valence electrons. The molecular formula is C13H18N4O2S. The number of amides is 1. The lowest BCUT2D eigenvalue weighted by atomic mass is 10.3. The van der Waals surface area contributed by atoms with E-state index in [0.29, 0.717) is 13.2 Å². The molecule has 0 saturated carbocycles. The molecule has 2 aromatic heterocycles. The summed E-state index contributed by atoms with van der Waals surface area (Å²) in [5, 5.41) is 3.85. The molecule has 1 N–H and O–H groups in total. The largest absolute Gasteiger partial charge is 0.378 e. The molecular weight excluding hydrogens is 276 g/mol. The molecule has 2 rings (SSSR count). The molecule has 1 amide bonds. The lowest BCUT2D eigenvalue weighted by molar-refractivity contribution is -0.124. The van der Waals surface area contributed by atoms with Crippen molar-refractivity contribution in [3.8, 4) is 0 Å². The highest BCUT2D eigenvalue weighted by atomic mass is 32.1. The molecule has 20 heavy (non-hydrogen) atoms. The van der Waals surface area contributed by atoms with Crippen LogP contribution >= 0.6 is 11.3 Å². The summed E-state index contributed by atoms with van der Waals surface area (Å²) in [5.41, 5.74) is 0.942. The molecule has 6 nitrogen and oxygen atoms in total. The van der Waals surface area contributed by atoms with Crippen molar-refractivity contribution in [3.05, 3.63) is 34.3 Å². The molecule has 0 bridgehead atoms. The van der Waals surface area contributed by atoms with Gasteiger partial charge in [0.2, 0.25) is 5.91 Å². The summed E-state index contributed by atoms with van der Waals surface area (Å²) in [7, 11) is 1.64. The fourth-order valence-electron chi connectivity index (χ4n) is 1.79. The number of carbonyl (C=O) groups is 1. The van der Waals surface area contributed by atoms with Gasteiger partial charge in [0.25, 0.3) is 0 Å². The standard InChI is InChI=1S/C13H18N4O2S/c1-9-11(20-12(16-9)7-19-3)6-15-13(18)10(2)17-5-4-14-8-17/h4-5,8,10H,6-7H2,1-3H3,(H,15,18). The molecule has 0 aliphatic carbocycles. The predicted molar refractivity (Wildman–Crippen MR) is 76.3 cm³/mol. The van der Waals surface area contributed by atoms with Crippen LogP contribution in [0.3, 0.4) is 0 Å². The zero-order chi connectivity index (χ0) is 14.5. The van der Waals surface area contributed by atoms with Gasteiger partial charge in [-0.2, -0.15) is 0 Å². The Hall–Kier alpha value is -1.73. The number of nitrogens with zero attached hydrogens (tertiary/aromatic N) is 3. The number of imidazole rings is 1. The number of carbonyl (C=O) groups excluding carboxylic acids is 1. The number of aromatic nitrogens is 3. The predicted octanol–water partition coefficient (Wildman–Crippen LogP) is 1.67. The highest BCUT2D eigenvalue weighted by molar-refractivity contribution is 7.11. The number of aryl methyl sites for hydroxylation is 1. The van der Waals surface area contributed by atoms with Gasteiger partial charge in [0.15, 0.2) is 0 Å². The molecule has 0 aliphatic rings. The van der Waals surface area contributed by atoms with Crippen molar-refractivity contribution in [1.82, 2.24) is 19.9 Å². The van der Waals surface area contributed by atoms with Crippen molar-refractivity contribution in [2.24, 2.45) is 0 Å². The van der Waals surface area contributed by atoms with Crippen LogP contribution < -0.4 is 5.32 Å². The van der Waals surface area contributed by atoms with Gasteiger partial charge in [-0.05, 0) is 13.8 Å². The van der Waals surface area contributed by atoms with E-state index in [1.165, 1.54) is 0 Å². The van der Waals surface area contributed by atoms with E-state index in [-0.39, 0.29) is 11.9 Å². The molecule has 1 unspecified atom stereocenters. The lowest BCUT2D eigenvalue weighted by Gasteiger charge is -2.12. The molecule has 2 heterocycles. The Morgan fingerprint density at radius 3 is 3.05 bits per heavy atom. The number of hydrogen-bond acceptors (Lipinski definition) is 5. The number of methoxy groups -OCH3 is 1. The Morgan fingerprint density at radius 2 is 2.40 bits per heavy atom. The number of ether oxygens (including phenoxy) is 1. The molecule has 0 fully saturated rings. The van der Waals surface area contributed by atoms with E-state index in [1.54, 1.807) is 41.7 Å². The Bertz CT molecular complexity index is 565. The van der Waals surface area contributed by atoms with E-state index >= 15 is 0 Å². The highest BCUT2D eigenvalue weighted by Gasteiger charge is 2.15. The van der Waals surface area contributed by atoms with Crippen molar-refractivity contribution < 1.29 is 9.53 Å². The molecule has 0 aliphatic heterocycles. The number of nitrogens with one attached hydrogen (secondary N) is 1. The van der Waals surface area contributed by atoms with Crippen LogP contribution in [0.1, 0.15) is 28.5 Å². The third-order valence-corrected chi connectivity index (χ3v) is 4.11. The van der Waals surface area contributed by atoms with Gasteiger partial charge in [0.1, 0.15) is 11.0 Å². The molecule has 1 atom stereocenters. The summed E-state index contributed by atoms with van der Waals surface area (Å²) in [6, 6.07) is -0.274. The normalized spacial score (nSPS) is 12.3. The average molecular weight is 294 g/mol. The Balaban J connectivity index is 1.93. The topological polar surface area (TPSA) is 69.0 Å². The number of rotatable bonds is 6. The Labute approximate surface area is 121 Å². The summed E-state index contributed by atoms with van der Waals surface area (Å²) in [5.74, 6) is -0.0379. The zero-order valence-electron chi connectivity index (χ0n) is 11.8. The summed E-state index contributed by atoms with van der Waals surface area (Å²) in [6.45, 7) is 4.78. The van der Waals surface area contributed by atoms with E-state index in [2.05, 4.69) is 15.3 Å². The van der Waals surface area contributed by atoms with Gasteiger partial charge in [-0.1, -0.05) is 0 Å². The maximum atomic E-state index is 12.1. The molecule has 0 saturated heterocycles. The lowest BCUT2D eigenvalue weighted by Crippen LogP contribution is -2.30. The average Bonchev–Trinajstić information content (AvgIpc) is 3.06. The zero-order valence-corrected chi connectivity index (χ0v) is 12.6. The first-order valence-corrected chi connectivity index (χ1v) is 7.12. The Kier molecular flexibility index (Phi) is 4.86. The van der Waals surface area contributed by atoms with Gasteiger partial charge < -0.3 is 14.6 Å². The smallest absolute Gasteiger partial charge is 0.243 e. The second-order valence-corrected chi connectivity index (χ2v) is 5.62. The first kappa shape index (κ1) is 14.7. The van der Waals surface area contributed by atoms with Crippen LogP contribution in [0.15, 0.2) is 18.7 Å². The maximum Gasteiger partial charge on any atom is 0.243 e.